The van der Waals surface area contributed by atoms with Crippen molar-refractivity contribution in [3.8, 4) is 11.4 Å². The van der Waals surface area contributed by atoms with E-state index in [0.717, 1.165) is 11.9 Å². The van der Waals surface area contributed by atoms with E-state index in [1.54, 1.807) is 29.2 Å². The van der Waals surface area contributed by atoms with Gasteiger partial charge in [0.2, 0.25) is 0 Å². The number of amides is 1. The minimum atomic E-state index is -0.329. The van der Waals surface area contributed by atoms with Crippen LogP contribution in [0.2, 0.25) is 0 Å². The van der Waals surface area contributed by atoms with Crippen LogP contribution in [0.1, 0.15) is 16.8 Å². The maximum absolute atomic E-state index is 12.8. The second-order valence-corrected chi connectivity index (χ2v) is 7.41. The van der Waals surface area contributed by atoms with Gasteiger partial charge >= 0.3 is 0 Å². The van der Waals surface area contributed by atoms with Gasteiger partial charge in [-0.25, -0.2) is 4.98 Å². The molecule has 1 fully saturated rings. The number of carbonyl (C=O) groups excluding carboxylic acids is 1. The van der Waals surface area contributed by atoms with Gasteiger partial charge in [-0.1, -0.05) is 12.1 Å². The molecule has 8 nitrogen and oxygen atoms in total. The van der Waals surface area contributed by atoms with Crippen molar-refractivity contribution >= 4 is 33.5 Å². The third-order valence-corrected chi connectivity index (χ3v) is 5.43. The predicted molar refractivity (Wildman–Crippen MR) is 113 cm³/mol. The highest BCUT2D eigenvalue weighted by molar-refractivity contribution is 6.04. The van der Waals surface area contributed by atoms with Crippen LogP contribution in [0.3, 0.4) is 0 Å². The zero-order chi connectivity index (χ0) is 20.1. The molecule has 146 valence electrons. The van der Waals surface area contributed by atoms with Crippen LogP contribution in [0, 0.1) is 0 Å². The van der Waals surface area contributed by atoms with Crippen molar-refractivity contribution in [2.45, 2.75) is 12.5 Å². The first-order valence-corrected chi connectivity index (χ1v) is 9.47. The molecular formula is C21H20N6O2. The van der Waals surface area contributed by atoms with E-state index in [2.05, 4.69) is 15.0 Å². The lowest BCUT2D eigenvalue weighted by Gasteiger charge is -2.15. The van der Waals surface area contributed by atoms with Crippen molar-refractivity contribution in [3.05, 3.63) is 58.4 Å². The van der Waals surface area contributed by atoms with Crippen molar-refractivity contribution in [1.29, 1.82) is 0 Å². The van der Waals surface area contributed by atoms with Crippen LogP contribution in [0.15, 0.2) is 47.3 Å². The fourth-order valence-electron chi connectivity index (χ4n) is 3.89. The minimum absolute atomic E-state index is 0.0253. The smallest absolute Gasteiger partial charge is 0.276 e. The number of para-hydroxylation sites is 2. The number of nitrogens with one attached hydrogen (secondary N) is 2. The number of benzene rings is 2. The summed E-state index contributed by atoms with van der Waals surface area (Å²) in [6.07, 6.45) is 0.806. The maximum Gasteiger partial charge on any atom is 0.276 e. The van der Waals surface area contributed by atoms with E-state index in [-0.39, 0.29) is 23.2 Å². The number of aromatic amines is 2. The lowest BCUT2D eigenvalue weighted by Crippen LogP contribution is -2.31. The Balaban J connectivity index is 1.60. The highest BCUT2D eigenvalue weighted by atomic mass is 16.2. The van der Waals surface area contributed by atoms with Gasteiger partial charge in [-0.15, -0.1) is 0 Å². The first-order valence-electron chi connectivity index (χ1n) is 9.47. The van der Waals surface area contributed by atoms with Crippen LogP contribution >= 0.6 is 0 Å². The van der Waals surface area contributed by atoms with E-state index in [1.165, 1.54) is 0 Å². The van der Waals surface area contributed by atoms with Crippen molar-refractivity contribution < 1.29 is 4.79 Å². The standard InChI is InChI=1S/C21H20N6O2/c22-12-7-8-27(10-12)21(29)11-5-6-14-13(9-11)17(23)18(24-14)19-20(28)26-16-4-2-1-3-15(16)25-19/h1-6,9,12,24H,7-8,10,22-23H2,(H,26,28)/t12-/m1/s1. The fourth-order valence-corrected chi connectivity index (χ4v) is 3.89. The zero-order valence-corrected chi connectivity index (χ0v) is 15.6. The molecule has 0 aliphatic carbocycles. The largest absolute Gasteiger partial charge is 0.396 e. The Morgan fingerprint density at radius 1 is 1.14 bits per heavy atom. The molecule has 3 heterocycles. The maximum atomic E-state index is 12.8. The Kier molecular flexibility index (Phi) is 3.88. The minimum Gasteiger partial charge on any atom is -0.396 e. The number of H-pyrrole nitrogens is 2. The van der Waals surface area contributed by atoms with Crippen molar-refractivity contribution in [2.24, 2.45) is 5.73 Å². The molecule has 1 aliphatic rings. The molecule has 0 bridgehead atoms. The summed E-state index contributed by atoms with van der Waals surface area (Å²) >= 11 is 0. The van der Waals surface area contributed by atoms with Gasteiger partial charge in [0.15, 0.2) is 5.69 Å². The molecular weight excluding hydrogens is 368 g/mol. The van der Waals surface area contributed by atoms with Gasteiger partial charge in [0.25, 0.3) is 11.5 Å². The summed E-state index contributed by atoms with van der Waals surface area (Å²) in [4.78, 5) is 37.6. The van der Waals surface area contributed by atoms with Gasteiger partial charge in [-0.05, 0) is 36.8 Å². The Morgan fingerprint density at radius 2 is 1.97 bits per heavy atom. The summed E-state index contributed by atoms with van der Waals surface area (Å²) in [5, 5.41) is 0.684. The molecule has 1 saturated heterocycles. The summed E-state index contributed by atoms with van der Waals surface area (Å²) in [6, 6.07) is 12.6. The average Bonchev–Trinajstić information content (AvgIpc) is 3.30. The summed E-state index contributed by atoms with van der Waals surface area (Å²) in [7, 11) is 0. The molecule has 5 rings (SSSR count). The Bertz CT molecular complexity index is 1320. The van der Waals surface area contributed by atoms with E-state index in [4.69, 9.17) is 11.5 Å². The van der Waals surface area contributed by atoms with Gasteiger partial charge in [0, 0.05) is 35.6 Å². The predicted octanol–water partition coefficient (Wildman–Crippen LogP) is 1.83. The number of fused-ring (bicyclic) bond motifs is 2. The molecule has 2 aromatic carbocycles. The van der Waals surface area contributed by atoms with Gasteiger partial charge in [-0.2, -0.15) is 0 Å². The zero-order valence-electron chi connectivity index (χ0n) is 15.6. The Morgan fingerprint density at radius 3 is 2.76 bits per heavy atom. The lowest BCUT2D eigenvalue weighted by atomic mass is 10.1. The first-order chi connectivity index (χ1) is 14.0. The second kappa shape index (κ2) is 6.46. The number of hydrogen-bond acceptors (Lipinski definition) is 5. The Labute approximate surface area is 165 Å². The molecule has 0 spiro atoms. The second-order valence-electron chi connectivity index (χ2n) is 7.41. The Hall–Kier alpha value is -3.65. The highest BCUT2D eigenvalue weighted by Crippen LogP contribution is 2.31. The number of nitrogens with two attached hydrogens (primary N) is 2. The number of nitrogens with zero attached hydrogens (tertiary/aromatic N) is 2. The van der Waals surface area contributed by atoms with Crippen molar-refractivity contribution in [2.75, 3.05) is 18.8 Å². The number of nitrogen functional groups attached to an aromatic ring is 1. The van der Waals surface area contributed by atoms with Gasteiger partial charge < -0.3 is 26.3 Å². The molecule has 29 heavy (non-hydrogen) atoms. The quantitative estimate of drug-likeness (QED) is 0.416. The SMILES string of the molecule is Nc1c(-c2nc3ccccc3[nH]c2=O)[nH]c2ccc(C(=O)N3CC[C@@H](N)C3)cc12. The third-order valence-electron chi connectivity index (χ3n) is 5.43. The van der Waals surface area contributed by atoms with E-state index < -0.39 is 0 Å². The summed E-state index contributed by atoms with van der Waals surface area (Å²) in [6.45, 7) is 1.21. The number of hydrogen-bond donors (Lipinski definition) is 4. The number of aromatic nitrogens is 3. The molecule has 1 amide bonds. The van der Waals surface area contributed by atoms with Crippen LogP contribution in [0.25, 0.3) is 33.3 Å². The van der Waals surface area contributed by atoms with Crippen LogP contribution in [0.4, 0.5) is 5.69 Å². The van der Waals surface area contributed by atoms with Crippen LogP contribution in [-0.4, -0.2) is 44.9 Å². The molecule has 1 aliphatic heterocycles. The third kappa shape index (κ3) is 2.85. The fraction of sp³-hybridized carbons (Fsp3) is 0.190. The number of carbonyl (C=O) groups is 1. The molecule has 0 radical (unpaired) electrons. The summed E-state index contributed by atoms with van der Waals surface area (Å²) < 4.78 is 0. The molecule has 0 saturated carbocycles. The van der Waals surface area contributed by atoms with Crippen LogP contribution < -0.4 is 17.0 Å². The molecule has 1 atom stereocenters. The van der Waals surface area contributed by atoms with Crippen molar-refractivity contribution in [3.63, 3.8) is 0 Å². The highest BCUT2D eigenvalue weighted by Gasteiger charge is 2.25. The summed E-state index contributed by atoms with van der Waals surface area (Å²) in [5.41, 5.74) is 15.6. The van der Waals surface area contributed by atoms with Gasteiger partial charge in [0.05, 0.1) is 22.4 Å². The molecule has 4 aromatic rings. The normalized spacial score (nSPS) is 16.7. The van der Waals surface area contributed by atoms with Crippen LogP contribution in [-0.2, 0) is 0 Å². The van der Waals surface area contributed by atoms with E-state index in [1.807, 2.05) is 18.2 Å². The average molecular weight is 388 g/mol. The van der Waals surface area contributed by atoms with Crippen molar-refractivity contribution in [1.82, 2.24) is 19.9 Å². The first kappa shape index (κ1) is 17.4. The van der Waals surface area contributed by atoms with E-state index in [0.29, 0.717) is 46.5 Å². The van der Waals surface area contributed by atoms with Gasteiger partial charge in [-0.3, -0.25) is 9.59 Å². The molecule has 2 aromatic heterocycles. The molecule has 8 heteroatoms. The number of rotatable bonds is 2. The lowest BCUT2D eigenvalue weighted by molar-refractivity contribution is 0.0791. The van der Waals surface area contributed by atoms with Crippen LogP contribution in [0.5, 0.6) is 0 Å². The summed E-state index contributed by atoms with van der Waals surface area (Å²) in [5.74, 6) is -0.0660. The van der Waals surface area contributed by atoms with E-state index >= 15 is 0 Å². The topological polar surface area (TPSA) is 134 Å². The van der Waals surface area contributed by atoms with E-state index in [9.17, 15) is 9.59 Å². The van der Waals surface area contributed by atoms with Gasteiger partial charge in [0.1, 0.15) is 0 Å². The number of likely N-dealkylation sites (tertiary alicyclic amines) is 1. The monoisotopic (exact) mass is 388 g/mol. The number of anilines is 1. The molecule has 6 N–H and O–H groups in total. The molecule has 0 unspecified atom stereocenters.